The van der Waals surface area contributed by atoms with E-state index in [4.69, 9.17) is 4.74 Å². The average Bonchev–Trinajstić information content (AvgIpc) is 2.70. The van der Waals surface area contributed by atoms with Crippen molar-refractivity contribution < 1.29 is 22.7 Å². The van der Waals surface area contributed by atoms with Crippen LogP contribution in [0.2, 0.25) is 0 Å². The molecule has 28 heavy (non-hydrogen) atoms. The molecule has 0 spiro atoms. The standard InChI is InChI=1S/C20H24N2O5S/c1-15(2)19(21-28(25,26)17-12-8-5-9-13-17)20(24)27-14-18(23)22(3)16-10-6-4-7-11-16/h4-13,15,19,21H,14H2,1-3H3/t19-/m0/s1. The molecule has 0 heterocycles. The van der Waals surface area contributed by atoms with Crippen LogP contribution in [0.15, 0.2) is 65.6 Å². The van der Waals surface area contributed by atoms with Gasteiger partial charge in [-0.3, -0.25) is 9.59 Å². The van der Waals surface area contributed by atoms with Gasteiger partial charge in [-0.1, -0.05) is 50.2 Å². The van der Waals surface area contributed by atoms with Gasteiger partial charge in [-0.05, 0) is 30.2 Å². The summed E-state index contributed by atoms with van der Waals surface area (Å²) in [7, 11) is -2.32. The zero-order valence-corrected chi connectivity index (χ0v) is 16.8. The fraction of sp³-hybridized carbons (Fsp3) is 0.300. The van der Waals surface area contributed by atoms with Crippen LogP contribution in [0.5, 0.6) is 0 Å². The maximum atomic E-state index is 12.5. The predicted molar refractivity (Wildman–Crippen MR) is 106 cm³/mol. The van der Waals surface area contributed by atoms with Crippen LogP contribution in [-0.4, -0.2) is 40.0 Å². The van der Waals surface area contributed by atoms with Gasteiger partial charge in [0, 0.05) is 12.7 Å². The highest BCUT2D eigenvalue weighted by Gasteiger charge is 2.30. The van der Waals surface area contributed by atoms with Crippen molar-refractivity contribution in [3.8, 4) is 0 Å². The minimum atomic E-state index is -3.89. The number of ether oxygens (including phenoxy) is 1. The number of anilines is 1. The van der Waals surface area contributed by atoms with Crippen LogP contribution in [0, 0.1) is 5.92 Å². The Balaban J connectivity index is 2.02. The molecule has 0 fully saturated rings. The van der Waals surface area contributed by atoms with E-state index in [0.29, 0.717) is 5.69 Å². The van der Waals surface area contributed by atoms with Gasteiger partial charge in [0.25, 0.3) is 5.91 Å². The number of amides is 1. The monoisotopic (exact) mass is 404 g/mol. The minimum absolute atomic E-state index is 0.0494. The third-order valence-corrected chi connectivity index (χ3v) is 5.57. The number of likely N-dealkylation sites (N-methyl/N-ethyl adjacent to an activating group) is 1. The lowest BCUT2D eigenvalue weighted by molar-refractivity contribution is -0.150. The van der Waals surface area contributed by atoms with Crippen molar-refractivity contribution >= 4 is 27.6 Å². The number of para-hydroxylation sites is 1. The topological polar surface area (TPSA) is 92.8 Å². The Hall–Kier alpha value is -2.71. The van der Waals surface area contributed by atoms with Crippen LogP contribution in [0.25, 0.3) is 0 Å². The van der Waals surface area contributed by atoms with E-state index in [2.05, 4.69) is 4.72 Å². The molecular weight excluding hydrogens is 380 g/mol. The van der Waals surface area contributed by atoms with Gasteiger partial charge >= 0.3 is 5.97 Å². The van der Waals surface area contributed by atoms with Gasteiger partial charge in [-0.2, -0.15) is 4.72 Å². The van der Waals surface area contributed by atoms with Crippen molar-refractivity contribution in [3.63, 3.8) is 0 Å². The molecule has 1 N–H and O–H groups in total. The number of nitrogens with zero attached hydrogens (tertiary/aromatic N) is 1. The molecule has 0 saturated carbocycles. The lowest BCUT2D eigenvalue weighted by Gasteiger charge is -2.22. The normalized spacial score (nSPS) is 12.4. The van der Waals surface area contributed by atoms with Crippen LogP contribution in [0.3, 0.4) is 0 Å². The zero-order chi connectivity index (χ0) is 20.7. The number of sulfonamides is 1. The van der Waals surface area contributed by atoms with E-state index in [1.165, 1.54) is 17.0 Å². The molecule has 2 aromatic rings. The average molecular weight is 404 g/mol. The largest absolute Gasteiger partial charge is 0.454 e. The second kappa shape index (κ2) is 9.48. The Kier molecular flexibility index (Phi) is 7.31. The van der Waals surface area contributed by atoms with Crippen LogP contribution in [0.4, 0.5) is 5.69 Å². The predicted octanol–water partition coefficient (Wildman–Crippen LogP) is 2.20. The van der Waals surface area contributed by atoms with Crippen molar-refractivity contribution in [1.29, 1.82) is 0 Å². The number of benzene rings is 2. The van der Waals surface area contributed by atoms with E-state index in [9.17, 15) is 18.0 Å². The molecule has 0 saturated heterocycles. The molecule has 0 aromatic heterocycles. The highest BCUT2D eigenvalue weighted by atomic mass is 32.2. The van der Waals surface area contributed by atoms with E-state index >= 15 is 0 Å². The molecule has 8 heteroatoms. The summed E-state index contributed by atoms with van der Waals surface area (Å²) in [6, 6.07) is 15.6. The molecule has 7 nitrogen and oxygen atoms in total. The summed E-state index contributed by atoms with van der Waals surface area (Å²) >= 11 is 0. The number of hydrogen-bond acceptors (Lipinski definition) is 5. The maximum Gasteiger partial charge on any atom is 0.324 e. The SMILES string of the molecule is CC(C)[C@H](NS(=O)(=O)c1ccccc1)C(=O)OCC(=O)N(C)c1ccccc1. The molecule has 150 valence electrons. The third-order valence-electron chi connectivity index (χ3n) is 4.11. The van der Waals surface area contributed by atoms with Crippen LogP contribution in [-0.2, 0) is 24.3 Å². The first-order valence-electron chi connectivity index (χ1n) is 8.78. The summed E-state index contributed by atoms with van der Waals surface area (Å²) in [6.45, 7) is 2.90. The lowest BCUT2D eigenvalue weighted by atomic mass is 10.1. The van der Waals surface area contributed by atoms with Crippen molar-refractivity contribution in [2.24, 2.45) is 5.92 Å². The molecule has 0 aliphatic heterocycles. The smallest absolute Gasteiger partial charge is 0.324 e. The molecule has 2 aromatic carbocycles. The summed E-state index contributed by atoms with van der Waals surface area (Å²) in [4.78, 5) is 26.1. The third kappa shape index (κ3) is 5.64. The van der Waals surface area contributed by atoms with Crippen LogP contribution < -0.4 is 9.62 Å². The van der Waals surface area contributed by atoms with Gasteiger partial charge in [0.15, 0.2) is 6.61 Å². The molecule has 0 radical (unpaired) electrons. The maximum absolute atomic E-state index is 12.5. The number of hydrogen-bond donors (Lipinski definition) is 1. The molecule has 2 rings (SSSR count). The zero-order valence-electron chi connectivity index (χ0n) is 16.0. The number of nitrogens with one attached hydrogen (secondary N) is 1. The summed E-state index contributed by atoms with van der Waals surface area (Å²) in [5.41, 5.74) is 0.661. The van der Waals surface area contributed by atoms with Crippen molar-refractivity contribution in [2.75, 3.05) is 18.6 Å². The summed E-state index contributed by atoms with van der Waals surface area (Å²) in [5.74, 6) is -1.59. The Bertz CT molecular complexity index is 899. The summed E-state index contributed by atoms with van der Waals surface area (Å²) in [5, 5.41) is 0. The Morgan fingerprint density at radius 3 is 2.07 bits per heavy atom. The van der Waals surface area contributed by atoms with Gasteiger partial charge in [0.1, 0.15) is 6.04 Å². The van der Waals surface area contributed by atoms with E-state index in [1.807, 2.05) is 6.07 Å². The molecule has 1 amide bonds. The highest BCUT2D eigenvalue weighted by molar-refractivity contribution is 7.89. The van der Waals surface area contributed by atoms with E-state index in [1.54, 1.807) is 63.4 Å². The van der Waals surface area contributed by atoms with Gasteiger partial charge in [-0.25, -0.2) is 8.42 Å². The number of esters is 1. The molecular formula is C20H24N2O5S. The Morgan fingerprint density at radius 2 is 1.54 bits per heavy atom. The number of carbonyl (C=O) groups excluding carboxylic acids is 2. The van der Waals surface area contributed by atoms with Gasteiger partial charge in [0.05, 0.1) is 4.90 Å². The molecule has 0 aliphatic carbocycles. The summed E-state index contributed by atoms with van der Waals surface area (Å²) < 4.78 is 32.4. The number of carbonyl (C=O) groups is 2. The van der Waals surface area contributed by atoms with Gasteiger partial charge in [0.2, 0.25) is 10.0 Å². The van der Waals surface area contributed by atoms with E-state index < -0.39 is 34.5 Å². The molecule has 0 bridgehead atoms. The van der Waals surface area contributed by atoms with E-state index in [0.717, 1.165) is 0 Å². The van der Waals surface area contributed by atoms with Gasteiger partial charge in [-0.15, -0.1) is 0 Å². The summed E-state index contributed by atoms with van der Waals surface area (Å²) in [6.07, 6.45) is 0. The minimum Gasteiger partial charge on any atom is -0.454 e. The Labute approximate surface area is 165 Å². The highest BCUT2D eigenvalue weighted by Crippen LogP contribution is 2.14. The Morgan fingerprint density at radius 1 is 1.00 bits per heavy atom. The second-order valence-corrected chi connectivity index (χ2v) is 8.27. The van der Waals surface area contributed by atoms with Crippen molar-refractivity contribution in [1.82, 2.24) is 4.72 Å². The fourth-order valence-corrected chi connectivity index (χ4v) is 3.76. The first kappa shape index (κ1) is 21.6. The first-order chi connectivity index (χ1) is 13.2. The van der Waals surface area contributed by atoms with Crippen LogP contribution in [0.1, 0.15) is 13.8 Å². The van der Waals surface area contributed by atoms with Gasteiger partial charge < -0.3 is 9.64 Å². The molecule has 1 atom stereocenters. The van der Waals surface area contributed by atoms with Crippen molar-refractivity contribution in [3.05, 3.63) is 60.7 Å². The lowest BCUT2D eigenvalue weighted by Crippen LogP contribution is -2.46. The fourth-order valence-electron chi connectivity index (χ4n) is 2.41. The molecule has 0 unspecified atom stereocenters. The molecule has 0 aliphatic rings. The second-order valence-electron chi connectivity index (χ2n) is 6.55. The quantitative estimate of drug-likeness (QED) is 0.681. The number of rotatable bonds is 8. The first-order valence-corrected chi connectivity index (χ1v) is 10.3. The van der Waals surface area contributed by atoms with Crippen LogP contribution >= 0.6 is 0 Å². The van der Waals surface area contributed by atoms with E-state index in [-0.39, 0.29) is 10.8 Å². The van der Waals surface area contributed by atoms with Crippen molar-refractivity contribution in [2.45, 2.75) is 24.8 Å².